The van der Waals surface area contributed by atoms with E-state index in [0.29, 0.717) is 11.5 Å². The number of amides is 1. The summed E-state index contributed by atoms with van der Waals surface area (Å²) in [5.41, 5.74) is 0.641. The van der Waals surface area contributed by atoms with Crippen molar-refractivity contribution in [3.8, 4) is 0 Å². The van der Waals surface area contributed by atoms with Crippen LogP contribution in [-0.2, 0) is 20.7 Å². The highest BCUT2D eigenvalue weighted by atomic mass is 32.1. The van der Waals surface area contributed by atoms with Gasteiger partial charge in [0.05, 0.1) is 17.1 Å². The maximum absolute atomic E-state index is 11.8. The number of hydrogen-bond acceptors (Lipinski definition) is 7. The summed E-state index contributed by atoms with van der Waals surface area (Å²) in [6.07, 6.45) is -0.875. The van der Waals surface area contributed by atoms with E-state index in [0.717, 1.165) is 5.01 Å². The van der Waals surface area contributed by atoms with Crippen LogP contribution in [0.4, 0.5) is 5.82 Å². The topological polar surface area (TPSA) is 94.3 Å². The molecular formula is C13H15N3O4S. The third-order valence-electron chi connectivity index (χ3n) is 2.55. The molecule has 8 heteroatoms. The molecule has 0 spiro atoms. The zero-order valence-corrected chi connectivity index (χ0v) is 12.7. The summed E-state index contributed by atoms with van der Waals surface area (Å²) >= 11 is 1.46. The highest BCUT2D eigenvalue weighted by Gasteiger charge is 2.19. The van der Waals surface area contributed by atoms with E-state index < -0.39 is 18.0 Å². The first-order valence-electron chi connectivity index (χ1n) is 6.28. The van der Waals surface area contributed by atoms with Crippen LogP contribution in [0.1, 0.15) is 23.4 Å². The molecule has 2 aromatic heterocycles. The number of hydrogen-bond donors (Lipinski definition) is 1. The Morgan fingerprint density at radius 3 is 2.81 bits per heavy atom. The van der Waals surface area contributed by atoms with Crippen molar-refractivity contribution in [3.63, 3.8) is 0 Å². The van der Waals surface area contributed by atoms with Gasteiger partial charge in [-0.3, -0.25) is 9.59 Å². The number of anilines is 1. The van der Waals surface area contributed by atoms with Gasteiger partial charge in [0.1, 0.15) is 5.76 Å². The van der Waals surface area contributed by atoms with Crippen molar-refractivity contribution in [2.24, 2.45) is 0 Å². The lowest BCUT2D eigenvalue weighted by atomic mass is 10.3. The van der Waals surface area contributed by atoms with Gasteiger partial charge in [0.2, 0.25) is 0 Å². The van der Waals surface area contributed by atoms with Crippen LogP contribution < -0.4 is 5.32 Å². The van der Waals surface area contributed by atoms with Gasteiger partial charge in [-0.1, -0.05) is 5.16 Å². The molecule has 0 saturated carbocycles. The minimum absolute atomic E-state index is 0.0467. The maximum atomic E-state index is 11.8. The van der Waals surface area contributed by atoms with Crippen LogP contribution in [0, 0.1) is 13.8 Å². The van der Waals surface area contributed by atoms with Crippen LogP contribution in [0.5, 0.6) is 0 Å². The average Bonchev–Trinajstić information content (AvgIpc) is 2.98. The second-order valence-corrected chi connectivity index (χ2v) is 5.54. The number of nitrogens with one attached hydrogen (secondary N) is 1. The first-order valence-corrected chi connectivity index (χ1v) is 7.16. The molecule has 0 aliphatic carbocycles. The number of carbonyl (C=O) groups excluding carboxylic acids is 2. The molecule has 0 aliphatic heterocycles. The fraction of sp³-hybridized carbons (Fsp3) is 0.385. The predicted octanol–water partition coefficient (Wildman–Crippen LogP) is 1.86. The first-order chi connectivity index (χ1) is 9.94. The number of aryl methyl sites for hydroxylation is 2. The average molecular weight is 309 g/mol. The Balaban J connectivity index is 1.83. The molecule has 0 aromatic carbocycles. The van der Waals surface area contributed by atoms with Crippen LogP contribution >= 0.6 is 11.3 Å². The van der Waals surface area contributed by atoms with Gasteiger partial charge in [-0.15, -0.1) is 11.3 Å². The maximum Gasteiger partial charge on any atom is 0.312 e. The van der Waals surface area contributed by atoms with Gasteiger partial charge in [-0.05, 0) is 20.8 Å². The number of esters is 1. The quantitative estimate of drug-likeness (QED) is 0.847. The fourth-order valence-electron chi connectivity index (χ4n) is 1.58. The second-order valence-electron chi connectivity index (χ2n) is 4.48. The summed E-state index contributed by atoms with van der Waals surface area (Å²) in [6.45, 7) is 5.06. The first kappa shape index (κ1) is 15.2. The van der Waals surface area contributed by atoms with Gasteiger partial charge in [-0.25, -0.2) is 4.98 Å². The Morgan fingerprint density at radius 2 is 2.24 bits per heavy atom. The number of rotatable bonds is 5. The van der Waals surface area contributed by atoms with E-state index in [1.807, 2.05) is 6.92 Å². The summed E-state index contributed by atoms with van der Waals surface area (Å²) in [4.78, 5) is 27.7. The van der Waals surface area contributed by atoms with Crippen molar-refractivity contribution in [2.45, 2.75) is 33.3 Å². The number of aromatic nitrogens is 2. The van der Waals surface area contributed by atoms with Gasteiger partial charge < -0.3 is 14.6 Å². The Morgan fingerprint density at radius 1 is 1.48 bits per heavy atom. The van der Waals surface area contributed by atoms with E-state index in [-0.39, 0.29) is 12.2 Å². The van der Waals surface area contributed by atoms with Crippen LogP contribution in [0.3, 0.4) is 0 Å². The summed E-state index contributed by atoms with van der Waals surface area (Å²) in [5, 5.41) is 8.80. The standard InChI is InChI=1S/C13H15N3O4S/c1-7-4-11(16-20-7)15-13(18)8(2)19-12(17)5-10-6-21-9(3)14-10/h4,6,8H,5H2,1-3H3,(H,15,16,18). The highest BCUT2D eigenvalue weighted by Crippen LogP contribution is 2.11. The summed E-state index contributed by atoms with van der Waals surface area (Å²) in [5.74, 6) is -0.102. The molecule has 0 bridgehead atoms. The van der Waals surface area contributed by atoms with E-state index in [2.05, 4.69) is 15.5 Å². The third-order valence-corrected chi connectivity index (χ3v) is 3.37. The van der Waals surface area contributed by atoms with Crippen molar-refractivity contribution in [3.05, 3.63) is 27.9 Å². The Hall–Kier alpha value is -2.22. The normalized spacial score (nSPS) is 12.0. The van der Waals surface area contributed by atoms with Crippen LogP contribution in [0.15, 0.2) is 16.0 Å². The monoisotopic (exact) mass is 309 g/mol. The molecule has 1 N–H and O–H groups in total. The molecule has 112 valence electrons. The van der Waals surface area contributed by atoms with Crippen molar-refractivity contribution in [1.82, 2.24) is 10.1 Å². The van der Waals surface area contributed by atoms with Crippen molar-refractivity contribution in [1.29, 1.82) is 0 Å². The zero-order chi connectivity index (χ0) is 15.4. The smallest absolute Gasteiger partial charge is 0.312 e. The summed E-state index contributed by atoms with van der Waals surface area (Å²) in [7, 11) is 0. The van der Waals surface area contributed by atoms with Crippen LogP contribution in [0.25, 0.3) is 0 Å². The number of thiazole rings is 1. The van der Waals surface area contributed by atoms with Gasteiger partial charge in [0.25, 0.3) is 5.91 Å². The zero-order valence-electron chi connectivity index (χ0n) is 11.9. The van der Waals surface area contributed by atoms with E-state index in [1.165, 1.54) is 18.3 Å². The van der Waals surface area contributed by atoms with Crippen LogP contribution in [-0.4, -0.2) is 28.1 Å². The molecule has 2 rings (SSSR count). The Bertz CT molecular complexity index is 649. The van der Waals surface area contributed by atoms with Gasteiger partial charge in [-0.2, -0.15) is 0 Å². The third kappa shape index (κ3) is 4.38. The Kier molecular flexibility index (Phi) is 4.69. The second kappa shape index (κ2) is 6.49. The van der Waals surface area contributed by atoms with Crippen molar-refractivity contribution in [2.75, 3.05) is 5.32 Å². The minimum atomic E-state index is -0.922. The molecule has 21 heavy (non-hydrogen) atoms. The molecule has 1 amide bonds. The molecule has 7 nitrogen and oxygen atoms in total. The number of nitrogens with zero attached hydrogens (tertiary/aromatic N) is 2. The molecule has 0 aliphatic rings. The SMILES string of the molecule is Cc1cc(NC(=O)C(C)OC(=O)Cc2csc(C)n2)no1. The lowest BCUT2D eigenvalue weighted by molar-refractivity contribution is -0.152. The molecule has 1 unspecified atom stereocenters. The predicted molar refractivity (Wildman–Crippen MR) is 76.0 cm³/mol. The van der Waals surface area contributed by atoms with E-state index >= 15 is 0 Å². The lowest BCUT2D eigenvalue weighted by Crippen LogP contribution is -2.30. The Labute approximate surface area is 125 Å². The van der Waals surface area contributed by atoms with E-state index in [9.17, 15) is 9.59 Å². The molecule has 1 atom stereocenters. The van der Waals surface area contributed by atoms with Gasteiger partial charge in [0, 0.05) is 11.4 Å². The number of ether oxygens (including phenoxy) is 1. The van der Waals surface area contributed by atoms with E-state index in [1.54, 1.807) is 18.4 Å². The molecular weight excluding hydrogens is 294 g/mol. The van der Waals surface area contributed by atoms with Crippen LogP contribution in [0.2, 0.25) is 0 Å². The van der Waals surface area contributed by atoms with Gasteiger partial charge in [0.15, 0.2) is 11.9 Å². The molecule has 0 fully saturated rings. The molecule has 0 saturated heterocycles. The van der Waals surface area contributed by atoms with E-state index in [4.69, 9.17) is 9.26 Å². The largest absolute Gasteiger partial charge is 0.452 e. The molecule has 0 radical (unpaired) electrons. The lowest BCUT2D eigenvalue weighted by Gasteiger charge is -2.11. The molecule has 2 heterocycles. The van der Waals surface area contributed by atoms with Gasteiger partial charge >= 0.3 is 5.97 Å². The van der Waals surface area contributed by atoms with Crippen molar-refractivity contribution < 1.29 is 18.8 Å². The highest BCUT2D eigenvalue weighted by molar-refractivity contribution is 7.09. The minimum Gasteiger partial charge on any atom is -0.452 e. The number of carbonyl (C=O) groups is 2. The molecule has 2 aromatic rings. The summed E-state index contributed by atoms with van der Waals surface area (Å²) < 4.78 is 9.89. The fourth-order valence-corrected chi connectivity index (χ4v) is 2.20. The summed E-state index contributed by atoms with van der Waals surface area (Å²) in [6, 6.07) is 1.57. The van der Waals surface area contributed by atoms with Crippen molar-refractivity contribution >= 4 is 29.0 Å².